The zero-order valence-corrected chi connectivity index (χ0v) is 18.8. The molecule has 0 atom stereocenters. The highest BCUT2D eigenvalue weighted by molar-refractivity contribution is 7.98. The second-order valence-corrected chi connectivity index (χ2v) is 9.52. The van der Waals surface area contributed by atoms with Crippen LogP contribution < -0.4 is 0 Å². The van der Waals surface area contributed by atoms with E-state index in [1.54, 1.807) is 11.8 Å². The molecule has 4 rings (SSSR count). The molecule has 0 unspecified atom stereocenters. The van der Waals surface area contributed by atoms with Crippen molar-refractivity contribution in [2.45, 2.75) is 44.0 Å². The summed E-state index contributed by atoms with van der Waals surface area (Å²) in [6, 6.07) is 27.7. The first-order chi connectivity index (χ1) is 14.4. The fourth-order valence-corrected chi connectivity index (χ4v) is 4.22. The molecule has 0 aliphatic carbocycles. The first-order valence-corrected chi connectivity index (χ1v) is 11.2. The zero-order chi connectivity index (χ0) is 21.1. The molecule has 152 valence electrons. The van der Waals surface area contributed by atoms with E-state index in [4.69, 9.17) is 0 Å². The standard InChI is InChI=1S/C26H27N3S/c1-19-10-16-23(17-11-19)29-24(21-8-6-5-7-9-21)27-28-25(29)30-18-20-12-14-22(15-13-20)26(2,3)4/h5-17H,18H2,1-4H3. The molecule has 1 heterocycles. The summed E-state index contributed by atoms with van der Waals surface area (Å²) < 4.78 is 2.16. The van der Waals surface area contributed by atoms with E-state index in [9.17, 15) is 0 Å². The molecule has 4 heteroatoms. The van der Waals surface area contributed by atoms with Gasteiger partial charge in [0.15, 0.2) is 11.0 Å². The molecule has 0 fully saturated rings. The number of rotatable bonds is 5. The summed E-state index contributed by atoms with van der Waals surface area (Å²) in [5, 5.41) is 9.98. The van der Waals surface area contributed by atoms with Gasteiger partial charge in [0, 0.05) is 17.0 Å². The first kappa shape index (κ1) is 20.4. The van der Waals surface area contributed by atoms with Gasteiger partial charge in [-0.2, -0.15) is 0 Å². The van der Waals surface area contributed by atoms with Crippen molar-refractivity contribution in [3.05, 3.63) is 95.6 Å². The summed E-state index contributed by atoms with van der Waals surface area (Å²) in [6.45, 7) is 8.83. The van der Waals surface area contributed by atoms with E-state index in [2.05, 4.69) is 103 Å². The van der Waals surface area contributed by atoms with Crippen molar-refractivity contribution in [2.75, 3.05) is 0 Å². The monoisotopic (exact) mass is 413 g/mol. The van der Waals surface area contributed by atoms with Crippen LogP contribution in [-0.4, -0.2) is 14.8 Å². The molecule has 1 aromatic heterocycles. The van der Waals surface area contributed by atoms with Gasteiger partial charge in [0.1, 0.15) is 0 Å². The molecule has 0 radical (unpaired) electrons. The quantitative estimate of drug-likeness (QED) is 0.336. The lowest BCUT2D eigenvalue weighted by atomic mass is 9.87. The topological polar surface area (TPSA) is 30.7 Å². The predicted molar refractivity (Wildman–Crippen MR) is 126 cm³/mol. The first-order valence-electron chi connectivity index (χ1n) is 10.2. The van der Waals surface area contributed by atoms with E-state index in [1.165, 1.54) is 16.7 Å². The average Bonchev–Trinajstić information content (AvgIpc) is 3.17. The summed E-state index contributed by atoms with van der Waals surface area (Å²) in [4.78, 5) is 0. The molecule has 0 spiro atoms. The van der Waals surface area contributed by atoms with Gasteiger partial charge in [-0.1, -0.05) is 105 Å². The van der Waals surface area contributed by atoms with Crippen LogP contribution in [0, 0.1) is 6.92 Å². The average molecular weight is 414 g/mol. The lowest BCUT2D eigenvalue weighted by Gasteiger charge is -2.19. The third kappa shape index (κ3) is 4.49. The van der Waals surface area contributed by atoms with Crippen molar-refractivity contribution in [1.82, 2.24) is 14.8 Å². The summed E-state index contributed by atoms with van der Waals surface area (Å²) >= 11 is 1.72. The third-order valence-electron chi connectivity index (χ3n) is 5.15. The molecule has 0 N–H and O–H groups in total. The van der Waals surface area contributed by atoms with Crippen LogP contribution in [0.25, 0.3) is 17.1 Å². The van der Waals surface area contributed by atoms with Gasteiger partial charge in [0.25, 0.3) is 0 Å². The number of thioether (sulfide) groups is 1. The van der Waals surface area contributed by atoms with Gasteiger partial charge in [0.05, 0.1) is 0 Å². The number of aryl methyl sites for hydroxylation is 1. The van der Waals surface area contributed by atoms with Crippen LogP contribution >= 0.6 is 11.8 Å². The van der Waals surface area contributed by atoms with E-state index >= 15 is 0 Å². The summed E-state index contributed by atoms with van der Waals surface area (Å²) in [5.41, 5.74) is 6.18. The van der Waals surface area contributed by atoms with E-state index < -0.39 is 0 Å². The molecular formula is C26H27N3S. The van der Waals surface area contributed by atoms with E-state index in [0.717, 1.165) is 28.0 Å². The smallest absolute Gasteiger partial charge is 0.196 e. The molecule has 0 aliphatic heterocycles. The second-order valence-electron chi connectivity index (χ2n) is 8.58. The summed E-state index contributed by atoms with van der Waals surface area (Å²) in [5.74, 6) is 1.72. The molecule has 0 saturated carbocycles. The SMILES string of the molecule is Cc1ccc(-n2c(SCc3ccc(C(C)(C)C)cc3)nnc2-c2ccccc2)cc1. The second kappa shape index (κ2) is 8.49. The largest absolute Gasteiger partial charge is 0.270 e. The van der Waals surface area contributed by atoms with Crippen LogP contribution in [0.3, 0.4) is 0 Å². The minimum Gasteiger partial charge on any atom is -0.270 e. The molecular weight excluding hydrogens is 386 g/mol. The molecule has 3 aromatic carbocycles. The Labute approximate surface area is 183 Å². The van der Waals surface area contributed by atoms with Crippen molar-refractivity contribution in [3.8, 4) is 17.1 Å². The summed E-state index contributed by atoms with van der Waals surface area (Å²) in [6.07, 6.45) is 0. The van der Waals surface area contributed by atoms with Gasteiger partial charge in [-0.25, -0.2) is 0 Å². The Bertz CT molecular complexity index is 1110. The molecule has 0 bridgehead atoms. The molecule has 0 amide bonds. The van der Waals surface area contributed by atoms with Crippen molar-refractivity contribution in [3.63, 3.8) is 0 Å². The van der Waals surface area contributed by atoms with Crippen LogP contribution in [0.1, 0.15) is 37.5 Å². The highest BCUT2D eigenvalue weighted by Gasteiger charge is 2.17. The maximum absolute atomic E-state index is 4.54. The molecule has 0 saturated heterocycles. The van der Waals surface area contributed by atoms with Gasteiger partial charge in [-0.15, -0.1) is 10.2 Å². The Morgan fingerprint density at radius 3 is 2.10 bits per heavy atom. The highest BCUT2D eigenvalue weighted by atomic mass is 32.2. The zero-order valence-electron chi connectivity index (χ0n) is 18.0. The van der Waals surface area contributed by atoms with Crippen LogP contribution in [0.2, 0.25) is 0 Å². The van der Waals surface area contributed by atoms with Gasteiger partial charge in [-0.3, -0.25) is 4.57 Å². The minimum absolute atomic E-state index is 0.169. The summed E-state index contributed by atoms with van der Waals surface area (Å²) in [7, 11) is 0. The van der Waals surface area contributed by atoms with Gasteiger partial charge in [0.2, 0.25) is 0 Å². The molecule has 0 aliphatic rings. The number of nitrogens with zero attached hydrogens (tertiary/aromatic N) is 3. The van der Waals surface area contributed by atoms with Crippen molar-refractivity contribution in [2.24, 2.45) is 0 Å². The number of hydrogen-bond donors (Lipinski definition) is 0. The van der Waals surface area contributed by atoms with Crippen LogP contribution in [0.4, 0.5) is 0 Å². The highest BCUT2D eigenvalue weighted by Crippen LogP contribution is 2.30. The number of hydrogen-bond acceptors (Lipinski definition) is 3. The third-order valence-corrected chi connectivity index (χ3v) is 6.15. The van der Waals surface area contributed by atoms with E-state index in [-0.39, 0.29) is 5.41 Å². The molecule has 30 heavy (non-hydrogen) atoms. The van der Waals surface area contributed by atoms with Crippen LogP contribution in [0.5, 0.6) is 0 Å². The van der Waals surface area contributed by atoms with Crippen LogP contribution in [-0.2, 0) is 11.2 Å². The van der Waals surface area contributed by atoms with E-state index in [1.807, 2.05) is 18.2 Å². The fraction of sp³-hybridized carbons (Fsp3) is 0.231. The lowest BCUT2D eigenvalue weighted by Crippen LogP contribution is -2.10. The van der Waals surface area contributed by atoms with Crippen molar-refractivity contribution >= 4 is 11.8 Å². The Morgan fingerprint density at radius 1 is 0.800 bits per heavy atom. The van der Waals surface area contributed by atoms with E-state index in [0.29, 0.717) is 0 Å². The van der Waals surface area contributed by atoms with Gasteiger partial charge >= 0.3 is 0 Å². The lowest BCUT2D eigenvalue weighted by molar-refractivity contribution is 0.590. The Morgan fingerprint density at radius 2 is 1.47 bits per heavy atom. The van der Waals surface area contributed by atoms with Gasteiger partial charge < -0.3 is 0 Å². The number of aromatic nitrogens is 3. The Kier molecular flexibility index (Phi) is 5.78. The maximum atomic E-state index is 4.54. The van der Waals surface area contributed by atoms with Crippen molar-refractivity contribution < 1.29 is 0 Å². The maximum Gasteiger partial charge on any atom is 0.196 e. The molecule has 4 aromatic rings. The Balaban J connectivity index is 1.65. The van der Waals surface area contributed by atoms with Crippen LogP contribution in [0.15, 0.2) is 84.0 Å². The predicted octanol–water partition coefficient (Wildman–Crippen LogP) is 6.83. The number of benzene rings is 3. The fourth-order valence-electron chi connectivity index (χ4n) is 3.31. The minimum atomic E-state index is 0.169. The van der Waals surface area contributed by atoms with Crippen molar-refractivity contribution in [1.29, 1.82) is 0 Å². The normalized spacial score (nSPS) is 11.6. The Hall–Kier alpha value is -2.85. The van der Waals surface area contributed by atoms with Gasteiger partial charge in [-0.05, 0) is 35.6 Å². The molecule has 3 nitrogen and oxygen atoms in total.